The van der Waals surface area contributed by atoms with Crippen LogP contribution in [-0.2, 0) is 30.4 Å². The predicted octanol–water partition coefficient (Wildman–Crippen LogP) is 5.62. The van der Waals surface area contributed by atoms with Gasteiger partial charge in [0, 0.05) is 16.2 Å². The Morgan fingerprint density at radius 2 is 1.79 bits per heavy atom. The van der Waals surface area contributed by atoms with Crippen LogP contribution in [0.2, 0.25) is 0 Å². The molecule has 3 aromatic rings. The fourth-order valence-corrected chi connectivity index (χ4v) is 5.26. The second-order valence-corrected chi connectivity index (χ2v) is 9.29. The second kappa shape index (κ2) is 9.60. The van der Waals surface area contributed by atoms with E-state index in [9.17, 15) is 22.8 Å². The Balaban J connectivity index is 1.58. The minimum atomic E-state index is -4.40. The van der Waals surface area contributed by atoms with Crippen molar-refractivity contribution in [2.24, 2.45) is 0 Å². The minimum absolute atomic E-state index is 0.160. The zero-order chi connectivity index (χ0) is 24.5. The molecule has 9 heteroatoms. The second-order valence-electron chi connectivity index (χ2n) is 8.10. The van der Waals surface area contributed by atoms with Crippen molar-refractivity contribution in [3.63, 3.8) is 0 Å². The number of rotatable bonds is 6. The summed E-state index contributed by atoms with van der Waals surface area (Å²) >= 11 is 1.45. The summed E-state index contributed by atoms with van der Waals surface area (Å²) in [5.41, 5.74) is 2.36. The van der Waals surface area contributed by atoms with Crippen molar-refractivity contribution in [1.29, 1.82) is 0 Å². The van der Waals surface area contributed by atoms with Crippen molar-refractivity contribution in [2.75, 3.05) is 6.61 Å². The Labute approximate surface area is 198 Å². The molecule has 0 saturated carbocycles. The number of aromatic carboxylic acids is 1. The molecular formula is C25H22F3NO4S. The number of carbonyl (C=O) groups excluding carboxylic acids is 1. The SMILES string of the molecule is C[C@H](NC(=O)c1c(Cc2ccc(C(F)(F)F)cc2)sc2c1CCOC2)c1ccc(C(=O)O)cc1. The highest BCUT2D eigenvalue weighted by molar-refractivity contribution is 7.12. The third-order valence-electron chi connectivity index (χ3n) is 5.77. The maximum absolute atomic E-state index is 13.3. The van der Waals surface area contributed by atoms with Crippen LogP contribution in [0.15, 0.2) is 48.5 Å². The first kappa shape index (κ1) is 24.0. The maximum Gasteiger partial charge on any atom is 0.416 e. The van der Waals surface area contributed by atoms with E-state index in [0.717, 1.165) is 33.0 Å². The topological polar surface area (TPSA) is 75.6 Å². The summed E-state index contributed by atoms with van der Waals surface area (Å²) in [6, 6.07) is 10.9. The zero-order valence-electron chi connectivity index (χ0n) is 18.2. The molecule has 0 spiro atoms. The largest absolute Gasteiger partial charge is 0.478 e. The molecule has 2 heterocycles. The Hall–Kier alpha value is -3.17. The number of alkyl halides is 3. The molecule has 34 heavy (non-hydrogen) atoms. The molecule has 1 aliphatic heterocycles. The monoisotopic (exact) mass is 489 g/mol. The van der Waals surface area contributed by atoms with E-state index in [2.05, 4.69) is 5.32 Å². The number of hydrogen-bond donors (Lipinski definition) is 2. The molecule has 4 rings (SSSR count). The number of amides is 1. The van der Waals surface area contributed by atoms with Gasteiger partial charge in [0.1, 0.15) is 0 Å². The summed E-state index contributed by atoms with van der Waals surface area (Å²) in [6.07, 6.45) is -3.48. The molecule has 0 bridgehead atoms. The van der Waals surface area contributed by atoms with E-state index in [4.69, 9.17) is 9.84 Å². The van der Waals surface area contributed by atoms with Crippen molar-refractivity contribution in [1.82, 2.24) is 5.32 Å². The van der Waals surface area contributed by atoms with Gasteiger partial charge < -0.3 is 15.2 Å². The molecule has 0 fully saturated rings. The number of halogens is 3. The molecule has 2 aromatic carbocycles. The molecule has 0 radical (unpaired) electrons. The van der Waals surface area contributed by atoms with E-state index in [-0.39, 0.29) is 17.5 Å². The van der Waals surface area contributed by atoms with Gasteiger partial charge in [0.15, 0.2) is 0 Å². The lowest BCUT2D eigenvalue weighted by atomic mass is 9.99. The Morgan fingerprint density at radius 1 is 1.12 bits per heavy atom. The smallest absolute Gasteiger partial charge is 0.416 e. The Bertz CT molecular complexity index is 1200. The van der Waals surface area contributed by atoms with Gasteiger partial charge >= 0.3 is 12.1 Å². The van der Waals surface area contributed by atoms with Crippen LogP contribution in [0.3, 0.4) is 0 Å². The van der Waals surface area contributed by atoms with Gasteiger partial charge in [-0.3, -0.25) is 4.79 Å². The summed E-state index contributed by atoms with van der Waals surface area (Å²) in [6.45, 7) is 2.71. The molecule has 178 valence electrons. The van der Waals surface area contributed by atoms with E-state index >= 15 is 0 Å². The number of benzene rings is 2. The molecule has 0 saturated heterocycles. The number of nitrogens with one attached hydrogen (secondary N) is 1. The highest BCUT2D eigenvalue weighted by Gasteiger charge is 2.30. The van der Waals surface area contributed by atoms with E-state index in [1.165, 1.54) is 35.6 Å². The van der Waals surface area contributed by atoms with Crippen LogP contribution < -0.4 is 5.32 Å². The summed E-state index contributed by atoms with van der Waals surface area (Å²) in [4.78, 5) is 26.2. The van der Waals surface area contributed by atoms with Gasteiger partial charge in [0.05, 0.1) is 35.9 Å². The number of ether oxygens (including phenoxy) is 1. The van der Waals surface area contributed by atoms with Gasteiger partial charge in [-0.15, -0.1) is 11.3 Å². The third-order valence-corrected chi connectivity index (χ3v) is 6.98. The highest BCUT2D eigenvalue weighted by Crippen LogP contribution is 2.35. The van der Waals surface area contributed by atoms with Crippen molar-refractivity contribution in [2.45, 2.75) is 38.6 Å². The highest BCUT2D eigenvalue weighted by atomic mass is 32.1. The standard InChI is InChI=1S/C25H22F3NO4S/c1-14(16-4-6-17(7-5-16)24(31)32)29-23(30)22-19-10-11-33-13-21(19)34-20(22)12-15-2-8-18(9-3-15)25(26,27)28/h2-9,14H,10-13H2,1H3,(H,29,30)(H,31,32)/t14-/m0/s1. The number of fused-ring (bicyclic) bond motifs is 1. The quantitative estimate of drug-likeness (QED) is 0.471. The van der Waals surface area contributed by atoms with Gasteiger partial charge in [-0.2, -0.15) is 13.2 Å². The summed E-state index contributed by atoms with van der Waals surface area (Å²) < 4.78 is 44.2. The van der Waals surface area contributed by atoms with Crippen LogP contribution in [0.25, 0.3) is 0 Å². The van der Waals surface area contributed by atoms with Gasteiger partial charge in [-0.05, 0) is 54.3 Å². The fraction of sp³-hybridized carbons (Fsp3) is 0.280. The minimum Gasteiger partial charge on any atom is -0.478 e. The molecule has 1 atom stereocenters. The number of thiophene rings is 1. The molecular weight excluding hydrogens is 467 g/mol. The molecule has 2 N–H and O–H groups in total. The first-order chi connectivity index (χ1) is 16.1. The zero-order valence-corrected chi connectivity index (χ0v) is 19.1. The summed E-state index contributed by atoms with van der Waals surface area (Å²) in [5, 5.41) is 12.1. The van der Waals surface area contributed by atoms with E-state index in [0.29, 0.717) is 37.2 Å². The molecule has 1 aliphatic rings. The molecule has 0 unspecified atom stereocenters. The van der Waals surface area contributed by atoms with Crippen molar-refractivity contribution in [3.05, 3.63) is 91.7 Å². The number of carboxylic acid groups (broad SMARTS) is 1. The van der Waals surface area contributed by atoms with E-state index < -0.39 is 17.7 Å². The van der Waals surface area contributed by atoms with Gasteiger partial charge in [-0.1, -0.05) is 24.3 Å². The normalized spacial score (nSPS) is 14.4. The lowest BCUT2D eigenvalue weighted by Crippen LogP contribution is -2.28. The van der Waals surface area contributed by atoms with Crippen LogP contribution in [0, 0.1) is 0 Å². The summed E-state index contributed by atoms with van der Waals surface area (Å²) in [7, 11) is 0. The molecule has 1 aromatic heterocycles. The molecule has 5 nitrogen and oxygen atoms in total. The van der Waals surface area contributed by atoms with Crippen LogP contribution in [0.5, 0.6) is 0 Å². The lowest BCUT2D eigenvalue weighted by molar-refractivity contribution is -0.137. The van der Waals surface area contributed by atoms with Crippen molar-refractivity contribution >= 4 is 23.2 Å². The Morgan fingerprint density at radius 3 is 2.41 bits per heavy atom. The Kier molecular flexibility index (Phi) is 6.77. The predicted molar refractivity (Wildman–Crippen MR) is 121 cm³/mol. The summed E-state index contributed by atoms with van der Waals surface area (Å²) in [5.74, 6) is -1.29. The number of carboxylic acids is 1. The van der Waals surface area contributed by atoms with Gasteiger partial charge in [0.2, 0.25) is 0 Å². The molecule has 0 aliphatic carbocycles. The number of hydrogen-bond acceptors (Lipinski definition) is 4. The number of carbonyl (C=O) groups is 2. The van der Waals surface area contributed by atoms with Crippen LogP contribution >= 0.6 is 11.3 Å². The maximum atomic E-state index is 13.3. The third kappa shape index (κ3) is 5.15. The van der Waals surface area contributed by atoms with Gasteiger partial charge in [-0.25, -0.2) is 4.79 Å². The van der Waals surface area contributed by atoms with E-state index in [1.807, 2.05) is 6.92 Å². The van der Waals surface area contributed by atoms with Crippen molar-refractivity contribution < 1.29 is 32.6 Å². The fourth-order valence-electron chi connectivity index (χ4n) is 3.94. The van der Waals surface area contributed by atoms with Crippen LogP contribution in [0.4, 0.5) is 13.2 Å². The van der Waals surface area contributed by atoms with Gasteiger partial charge in [0.25, 0.3) is 5.91 Å². The first-order valence-corrected chi connectivity index (χ1v) is 11.5. The van der Waals surface area contributed by atoms with E-state index in [1.54, 1.807) is 12.1 Å². The average molecular weight is 490 g/mol. The first-order valence-electron chi connectivity index (χ1n) is 10.6. The van der Waals surface area contributed by atoms with Crippen LogP contribution in [0.1, 0.15) is 65.7 Å². The van der Waals surface area contributed by atoms with Crippen molar-refractivity contribution in [3.8, 4) is 0 Å². The molecule has 1 amide bonds. The van der Waals surface area contributed by atoms with Crippen LogP contribution in [-0.4, -0.2) is 23.6 Å². The lowest BCUT2D eigenvalue weighted by Gasteiger charge is -2.18. The average Bonchev–Trinajstić information content (AvgIpc) is 3.16.